The van der Waals surface area contributed by atoms with E-state index in [1.54, 1.807) is 18.2 Å². The van der Waals surface area contributed by atoms with E-state index in [9.17, 15) is 14.3 Å². The van der Waals surface area contributed by atoms with Crippen LogP contribution in [0.15, 0.2) is 41.0 Å². The molecule has 1 aromatic heterocycles. The van der Waals surface area contributed by atoms with Gasteiger partial charge < -0.3 is 25.1 Å². The number of piperidine rings is 1. The minimum absolute atomic E-state index is 0.303. The van der Waals surface area contributed by atoms with Gasteiger partial charge in [-0.2, -0.15) is 0 Å². The molecule has 2 aromatic rings. The molecule has 1 aromatic carbocycles. The third kappa shape index (κ3) is 4.30. The number of hydrogen-bond acceptors (Lipinski definition) is 4. The highest BCUT2D eigenvalue weighted by Gasteiger charge is 2.19. The van der Waals surface area contributed by atoms with Gasteiger partial charge in [0.15, 0.2) is 0 Å². The topological polar surface area (TPSA) is 77.7 Å². The second-order valence-corrected chi connectivity index (χ2v) is 6.06. The van der Waals surface area contributed by atoms with Gasteiger partial charge in [-0.25, -0.2) is 9.18 Å². The van der Waals surface area contributed by atoms with Crippen LogP contribution in [0.25, 0.3) is 0 Å². The normalized spacial score (nSPS) is 15.7. The quantitative estimate of drug-likeness (QED) is 0.776. The number of hydrogen-bond donors (Lipinski definition) is 3. The number of nitrogens with one attached hydrogen (secondary N) is 2. The van der Waals surface area contributed by atoms with Crippen LogP contribution in [0, 0.1) is 5.82 Å². The summed E-state index contributed by atoms with van der Waals surface area (Å²) in [7, 11) is 0. The summed E-state index contributed by atoms with van der Waals surface area (Å²) in [6, 6.07) is 6.55. The van der Waals surface area contributed by atoms with Crippen molar-refractivity contribution in [2.24, 2.45) is 0 Å². The Kier molecular flexibility index (Phi) is 5.55. The number of amides is 2. The van der Waals surface area contributed by atoms with Crippen molar-refractivity contribution in [1.29, 1.82) is 0 Å². The lowest BCUT2D eigenvalue weighted by Crippen LogP contribution is -2.35. The fourth-order valence-electron chi connectivity index (χ4n) is 3.03. The number of benzene rings is 1. The van der Waals surface area contributed by atoms with E-state index < -0.39 is 17.9 Å². The van der Waals surface area contributed by atoms with Crippen LogP contribution in [-0.2, 0) is 0 Å². The fraction of sp³-hybridized carbons (Fsp3) is 0.389. The minimum Gasteiger partial charge on any atom is -0.467 e. The third-order valence-corrected chi connectivity index (χ3v) is 4.28. The lowest BCUT2D eigenvalue weighted by Gasteiger charge is -2.30. The van der Waals surface area contributed by atoms with E-state index in [1.165, 1.54) is 24.8 Å². The molecule has 0 spiro atoms. The van der Waals surface area contributed by atoms with Crippen molar-refractivity contribution in [2.75, 3.05) is 29.9 Å². The Hall–Kier alpha value is -2.54. The van der Waals surface area contributed by atoms with Gasteiger partial charge in [0.1, 0.15) is 17.6 Å². The molecule has 1 atom stereocenters. The van der Waals surface area contributed by atoms with Gasteiger partial charge in [-0.3, -0.25) is 0 Å². The van der Waals surface area contributed by atoms with Crippen molar-refractivity contribution in [3.63, 3.8) is 0 Å². The zero-order valence-corrected chi connectivity index (χ0v) is 13.9. The number of carbonyl (C=O) groups excluding carboxylic acids is 1. The Labute approximate surface area is 145 Å². The first-order valence-corrected chi connectivity index (χ1v) is 8.43. The molecule has 25 heavy (non-hydrogen) atoms. The van der Waals surface area contributed by atoms with Crippen LogP contribution in [0.5, 0.6) is 0 Å². The van der Waals surface area contributed by atoms with Crippen LogP contribution < -0.4 is 15.5 Å². The molecule has 6 nitrogen and oxygen atoms in total. The molecule has 1 saturated heterocycles. The molecule has 134 valence electrons. The second kappa shape index (κ2) is 8.02. The number of carbonyl (C=O) groups is 1. The van der Waals surface area contributed by atoms with Gasteiger partial charge in [0, 0.05) is 13.1 Å². The van der Waals surface area contributed by atoms with Crippen LogP contribution in [0.1, 0.15) is 31.1 Å². The second-order valence-electron chi connectivity index (χ2n) is 6.06. The smallest absolute Gasteiger partial charge is 0.319 e. The van der Waals surface area contributed by atoms with E-state index >= 15 is 0 Å². The van der Waals surface area contributed by atoms with Crippen LogP contribution in [0.2, 0.25) is 0 Å². The molecule has 1 aliphatic rings. The summed E-state index contributed by atoms with van der Waals surface area (Å²) in [5.74, 6) is 0.0361. The van der Waals surface area contributed by atoms with Crippen molar-refractivity contribution < 1.29 is 18.7 Å². The molecule has 1 fully saturated rings. The molecule has 0 unspecified atom stereocenters. The average Bonchev–Trinajstić information content (AvgIpc) is 3.15. The summed E-state index contributed by atoms with van der Waals surface area (Å²) in [4.78, 5) is 14.5. The van der Waals surface area contributed by atoms with Crippen molar-refractivity contribution in [1.82, 2.24) is 5.32 Å². The maximum atomic E-state index is 13.7. The van der Waals surface area contributed by atoms with Crippen molar-refractivity contribution >= 4 is 17.4 Å². The molecule has 0 bridgehead atoms. The van der Waals surface area contributed by atoms with Gasteiger partial charge >= 0.3 is 6.03 Å². The molecule has 2 amide bonds. The summed E-state index contributed by atoms with van der Waals surface area (Å²) in [5, 5.41) is 14.8. The largest absolute Gasteiger partial charge is 0.467 e. The Bertz CT molecular complexity index is 700. The van der Waals surface area contributed by atoms with Crippen molar-refractivity contribution in [3.8, 4) is 0 Å². The van der Waals surface area contributed by atoms with Crippen molar-refractivity contribution in [3.05, 3.63) is 48.2 Å². The number of furan rings is 1. The number of rotatable bonds is 5. The summed E-state index contributed by atoms with van der Waals surface area (Å²) < 4.78 is 18.9. The lowest BCUT2D eigenvalue weighted by atomic mass is 10.1. The number of urea groups is 1. The predicted octanol–water partition coefficient (Wildman–Crippen LogP) is 3.26. The van der Waals surface area contributed by atoms with E-state index in [0.29, 0.717) is 11.4 Å². The fourth-order valence-corrected chi connectivity index (χ4v) is 3.03. The van der Waals surface area contributed by atoms with Crippen molar-refractivity contribution in [2.45, 2.75) is 25.3 Å². The third-order valence-electron chi connectivity index (χ3n) is 4.28. The molecular formula is C18H22FN3O3. The maximum Gasteiger partial charge on any atom is 0.319 e. The first kappa shape index (κ1) is 17.3. The zero-order valence-electron chi connectivity index (χ0n) is 13.9. The van der Waals surface area contributed by atoms with Gasteiger partial charge in [0.05, 0.1) is 24.2 Å². The Morgan fingerprint density at radius 3 is 2.76 bits per heavy atom. The summed E-state index contributed by atoms with van der Waals surface area (Å²) in [6.07, 6.45) is 4.81. The maximum absolute atomic E-state index is 13.7. The number of halogens is 1. The SMILES string of the molecule is O=C(Nc1cc(F)ccc1N1CCCCC1)N[C@@H](CO)c1ccco1. The number of nitrogens with zero attached hydrogens (tertiary/aromatic N) is 1. The van der Waals surface area contributed by atoms with Gasteiger partial charge in [-0.15, -0.1) is 0 Å². The van der Waals surface area contributed by atoms with Gasteiger partial charge in [-0.05, 0) is 49.6 Å². The Morgan fingerprint density at radius 2 is 2.08 bits per heavy atom. The molecule has 1 aliphatic heterocycles. The zero-order chi connectivity index (χ0) is 17.6. The molecule has 0 saturated carbocycles. The monoisotopic (exact) mass is 347 g/mol. The van der Waals surface area contributed by atoms with Crippen LogP contribution >= 0.6 is 0 Å². The van der Waals surface area contributed by atoms with E-state index in [1.807, 2.05) is 0 Å². The van der Waals surface area contributed by atoms with E-state index in [0.717, 1.165) is 31.6 Å². The van der Waals surface area contributed by atoms with Gasteiger partial charge in [-0.1, -0.05) is 0 Å². The van der Waals surface area contributed by atoms with Gasteiger partial charge in [0.2, 0.25) is 0 Å². The first-order valence-electron chi connectivity index (χ1n) is 8.43. The summed E-state index contributed by atoms with van der Waals surface area (Å²) in [6.45, 7) is 1.46. The van der Waals surface area contributed by atoms with E-state index in [4.69, 9.17) is 4.42 Å². The number of anilines is 2. The highest BCUT2D eigenvalue weighted by atomic mass is 19.1. The Morgan fingerprint density at radius 1 is 1.28 bits per heavy atom. The highest BCUT2D eigenvalue weighted by Crippen LogP contribution is 2.29. The number of aliphatic hydroxyl groups is 1. The lowest BCUT2D eigenvalue weighted by molar-refractivity contribution is 0.215. The highest BCUT2D eigenvalue weighted by molar-refractivity contribution is 5.93. The van der Waals surface area contributed by atoms with E-state index in [2.05, 4.69) is 15.5 Å². The molecular weight excluding hydrogens is 325 g/mol. The molecule has 2 heterocycles. The molecule has 7 heteroatoms. The van der Waals surface area contributed by atoms with Gasteiger partial charge in [0.25, 0.3) is 0 Å². The predicted molar refractivity (Wildman–Crippen MR) is 93.2 cm³/mol. The molecule has 3 rings (SSSR count). The summed E-state index contributed by atoms with van der Waals surface area (Å²) >= 11 is 0. The van der Waals surface area contributed by atoms with Crippen LogP contribution in [0.4, 0.5) is 20.6 Å². The minimum atomic E-state index is -0.665. The number of aliphatic hydroxyl groups excluding tert-OH is 1. The standard InChI is InChI=1S/C18H22FN3O3/c19-13-6-7-16(22-8-2-1-3-9-22)14(11-13)20-18(24)21-15(12-23)17-5-4-10-25-17/h4-7,10-11,15,23H,1-3,8-9,12H2,(H2,20,21,24)/t15-/m0/s1. The molecule has 0 radical (unpaired) electrons. The summed E-state index contributed by atoms with van der Waals surface area (Å²) in [5.41, 5.74) is 1.21. The van der Waals surface area contributed by atoms with E-state index in [-0.39, 0.29) is 6.61 Å². The Balaban J connectivity index is 1.72. The van der Waals surface area contributed by atoms with Crippen LogP contribution in [-0.4, -0.2) is 30.8 Å². The molecule has 0 aliphatic carbocycles. The average molecular weight is 347 g/mol. The first-order chi connectivity index (χ1) is 12.2. The molecule has 3 N–H and O–H groups in total. The van der Waals surface area contributed by atoms with Crippen LogP contribution in [0.3, 0.4) is 0 Å².